The summed E-state index contributed by atoms with van der Waals surface area (Å²) in [4.78, 5) is 30.1. The van der Waals surface area contributed by atoms with Gasteiger partial charge in [-0.25, -0.2) is 19.9 Å². The molecule has 0 fully saturated rings. The number of rotatable bonds is 3. The van der Waals surface area contributed by atoms with Crippen molar-refractivity contribution < 1.29 is 0 Å². The summed E-state index contributed by atoms with van der Waals surface area (Å²) in [6.45, 7) is 1.93. The van der Waals surface area contributed by atoms with Crippen LogP contribution >= 0.6 is 0 Å². The first-order chi connectivity index (χ1) is 14.8. The Morgan fingerprint density at radius 2 is 1.83 bits per heavy atom. The van der Waals surface area contributed by atoms with Gasteiger partial charge in [-0.2, -0.15) is 5.10 Å². The van der Waals surface area contributed by atoms with Crippen LogP contribution in [0.4, 0.5) is 0 Å². The lowest BCUT2D eigenvalue weighted by Gasteiger charge is -2.00. The first kappa shape index (κ1) is 16.5. The van der Waals surface area contributed by atoms with Gasteiger partial charge in [0.05, 0.1) is 28.6 Å². The third kappa shape index (κ3) is 2.54. The molecule has 0 amide bonds. The monoisotopic (exact) mass is 394 g/mol. The van der Waals surface area contributed by atoms with Crippen LogP contribution in [0, 0.1) is 6.92 Å². The molecule has 0 atom stereocenters. The number of imidazole rings is 2. The Labute approximate surface area is 169 Å². The summed E-state index contributed by atoms with van der Waals surface area (Å²) in [6, 6.07) is 5.69. The smallest absolute Gasteiger partial charge is 0.166 e. The van der Waals surface area contributed by atoms with Gasteiger partial charge in [-0.1, -0.05) is 0 Å². The van der Waals surface area contributed by atoms with Crippen LogP contribution < -0.4 is 0 Å². The fourth-order valence-electron chi connectivity index (χ4n) is 3.40. The largest absolute Gasteiger partial charge is 0.336 e. The zero-order chi connectivity index (χ0) is 20.1. The van der Waals surface area contributed by atoms with Gasteiger partial charge in [0, 0.05) is 24.8 Å². The molecule has 0 aliphatic carbocycles. The average molecular weight is 394 g/mol. The standard InChI is InChI=1S/C20H14N10/c1-11-9-30(10-24-11)20-17-13(4-5-23-20)26-19(27-17)18-16-14(28-29-18)3-2-12(25-16)15-8-21-6-7-22-15/h2-10H,1H3,(H,26,27)(H,28,29). The van der Waals surface area contributed by atoms with Crippen LogP contribution in [0.25, 0.3) is 50.8 Å². The molecular weight excluding hydrogens is 380 g/mol. The van der Waals surface area contributed by atoms with Crippen molar-refractivity contribution in [1.82, 2.24) is 49.7 Å². The maximum atomic E-state index is 4.78. The number of aromatic amines is 2. The van der Waals surface area contributed by atoms with Gasteiger partial charge in [0.2, 0.25) is 0 Å². The van der Waals surface area contributed by atoms with Crippen LogP contribution in [0.3, 0.4) is 0 Å². The van der Waals surface area contributed by atoms with Gasteiger partial charge in [0.25, 0.3) is 0 Å². The van der Waals surface area contributed by atoms with E-state index in [2.05, 4.69) is 35.1 Å². The number of H-pyrrole nitrogens is 2. The van der Waals surface area contributed by atoms with E-state index < -0.39 is 0 Å². The fraction of sp³-hybridized carbons (Fsp3) is 0.0500. The lowest BCUT2D eigenvalue weighted by atomic mass is 10.2. The van der Waals surface area contributed by atoms with Crippen LogP contribution in [0.2, 0.25) is 0 Å². The van der Waals surface area contributed by atoms with Gasteiger partial charge in [-0.05, 0) is 25.1 Å². The molecule has 2 N–H and O–H groups in total. The maximum absolute atomic E-state index is 4.78. The first-order valence-electron chi connectivity index (χ1n) is 9.24. The summed E-state index contributed by atoms with van der Waals surface area (Å²) in [7, 11) is 0. The van der Waals surface area contributed by atoms with E-state index in [0.717, 1.165) is 22.2 Å². The molecule has 30 heavy (non-hydrogen) atoms. The van der Waals surface area contributed by atoms with E-state index in [9.17, 15) is 0 Å². The molecule has 0 unspecified atom stereocenters. The Hall–Kier alpha value is -4.47. The Morgan fingerprint density at radius 1 is 0.867 bits per heavy atom. The summed E-state index contributed by atoms with van der Waals surface area (Å²) in [6.07, 6.45) is 10.3. The van der Waals surface area contributed by atoms with Crippen molar-refractivity contribution in [2.24, 2.45) is 0 Å². The average Bonchev–Trinajstić information content (AvgIpc) is 3.51. The predicted molar refractivity (Wildman–Crippen MR) is 110 cm³/mol. The highest BCUT2D eigenvalue weighted by atomic mass is 15.2. The van der Waals surface area contributed by atoms with Crippen LogP contribution in [0.1, 0.15) is 5.69 Å². The summed E-state index contributed by atoms with van der Waals surface area (Å²) in [5.41, 5.74) is 6.02. The molecule has 6 rings (SSSR count). The SMILES string of the molecule is Cc1cn(-c2nccc3[nH]c(-c4n[nH]c5ccc(-c6cnccn6)nc45)nc23)cn1. The first-order valence-corrected chi connectivity index (χ1v) is 9.24. The van der Waals surface area contributed by atoms with Gasteiger partial charge < -0.3 is 4.98 Å². The van der Waals surface area contributed by atoms with Crippen LogP contribution in [0.5, 0.6) is 0 Å². The normalized spacial score (nSPS) is 11.5. The number of nitrogens with one attached hydrogen (secondary N) is 2. The molecule has 0 aliphatic rings. The molecule has 6 aromatic rings. The molecule has 0 saturated heterocycles. The molecule has 0 aliphatic heterocycles. The number of nitrogens with zero attached hydrogens (tertiary/aromatic N) is 8. The lowest BCUT2D eigenvalue weighted by Crippen LogP contribution is -1.95. The van der Waals surface area contributed by atoms with E-state index in [1.807, 2.05) is 35.9 Å². The fourth-order valence-corrected chi connectivity index (χ4v) is 3.40. The molecule has 6 aromatic heterocycles. The Morgan fingerprint density at radius 3 is 2.67 bits per heavy atom. The second-order valence-corrected chi connectivity index (χ2v) is 6.79. The summed E-state index contributed by atoms with van der Waals surface area (Å²) < 4.78 is 1.86. The second kappa shape index (κ2) is 6.27. The number of hydrogen-bond acceptors (Lipinski definition) is 7. The van der Waals surface area contributed by atoms with E-state index >= 15 is 0 Å². The molecular formula is C20H14N10. The van der Waals surface area contributed by atoms with Crippen LogP contribution in [-0.2, 0) is 0 Å². The molecule has 6 heterocycles. The Kier molecular flexibility index (Phi) is 3.45. The van der Waals surface area contributed by atoms with Gasteiger partial charge >= 0.3 is 0 Å². The zero-order valence-electron chi connectivity index (χ0n) is 15.8. The van der Waals surface area contributed by atoms with Gasteiger partial charge in [-0.15, -0.1) is 0 Å². The van der Waals surface area contributed by atoms with Crippen molar-refractivity contribution >= 4 is 22.1 Å². The van der Waals surface area contributed by atoms with Gasteiger partial charge in [0.15, 0.2) is 17.3 Å². The zero-order valence-corrected chi connectivity index (χ0v) is 15.8. The molecule has 10 nitrogen and oxygen atoms in total. The number of aromatic nitrogens is 10. The van der Waals surface area contributed by atoms with E-state index in [1.165, 1.54) is 0 Å². The van der Waals surface area contributed by atoms with Crippen LogP contribution in [0.15, 0.2) is 55.5 Å². The van der Waals surface area contributed by atoms with Gasteiger partial charge in [-0.3, -0.25) is 19.6 Å². The highest BCUT2D eigenvalue weighted by molar-refractivity contribution is 5.92. The lowest BCUT2D eigenvalue weighted by molar-refractivity contribution is 1.00. The van der Waals surface area contributed by atoms with Crippen molar-refractivity contribution in [2.45, 2.75) is 6.92 Å². The minimum atomic E-state index is 0.603. The number of pyridine rings is 2. The minimum Gasteiger partial charge on any atom is -0.336 e. The third-order valence-corrected chi connectivity index (χ3v) is 4.80. The Bertz CT molecular complexity index is 1510. The van der Waals surface area contributed by atoms with Crippen molar-refractivity contribution in [3.05, 3.63) is 61.2 Å². The van der Waals surface area contributed by atoms with Crippen molar-refractivity contribution in [2.75, 3.05) is 0 Å². The summed E-state index contributed by atoms with van der Waals surface area (Å²) in [5, 5.41) is 7.47. The van der Waals surface area contributed by atoms with E-state index in [-0.39, 0.29) is 0 Å². The van der Waals surface area contributed by atoms with Crippen molar-refractivity contribution in [3.63, 3.8) is 0 Å². The van der Waals surface area contributed by atoms with Crippen molar-refractivity contribution in [3.8, 4) is 28.7 Å². The number of hydrogen-bond donors (Lipinski definition) is 2. The van der Waals surface area contributed by atoms with E-state index in [4.69, 9.17) is 9.97 Å². The molecule has 0 bridgehead atoms. The molecule has 0 spiro atoms. The molecule has 0 radical (unpaired) electrons. The number of fused-ring (bicyclic) bond motifs is 2. The van der Waals surface area contributed by atoms with Crippen LogP contribution in [-0.4, -0.2) is 49.7 Å². The maximum Gasteiger partial charge on any atom is 0.166 e. The quantitative estimate of drug-likeness (QED) is 0.472. The van der Waals surface area contributed by atoms with E-state index in [0.29, 0.717) is 34.2 Å². The second-order valence-electron chi connectivity index (χ2n) is 6.79. The molecule has 0 aromatic carbocycles. The number of aryl methyl sites for hydroxylation is 1. The van der Waals surface area contributed by atoms with Gasteiger partial charge in [0.1, 0.15) is 23.1 Å². The minimum absolute atomic E-state index is 0.603. The molecule has 144 valence electrons. The van der Waals surface area contributed by atoms with Crippen molar-refractivity contribution in [1.29, 1.82) is 0 Å². The van der Waals surface area contributed by atoms with E-state index in [1.54, 1.807) is 31.1 Å². The topological polar surface area (TPSA) is 127 Å². The predicted octanol–water partition coefficient (Wildman–Crippen LogP) is 2.85. The summed E-state index contributed by atoms with van der Waals surface area (Å²) in [5.74, 6) is 1.30. The summed E-state index contributed by atoms with van der Waals surface area (Å²) >= 11 is 0. The Balaban J connectivity index is 1.52. The third-order valence-electron chi connectivity index (χ3n) is 4.80. The highest BCUT2D eigenvalue weighted by Crippen LogP contribution is 2.28. The molecule has 0 saturated carbocycles. The molecule has 10 heteroatoms. The highest BCUT2D eigenvalue weighted by Gasteiger charge is 2.17.